The Labute approximate surface area is 126 Å². The number of hydrogen-bond donors (Lipinski definition) is 1. The van der Waals surface area contributed by atoms with Gasteiger partial charge in [-0.25, -0.2) is 0 Å². The van der Waals surface area contributed by atoms with E-state index in [1.165, 1.54) is 6.07 Å². The Morgan fingerprint density at radius 1 is 1.32 bits per heavy atom. The Morgan fingerprint density at radius 3 is 2.68 bits per heavy atom. The third-order valence-corrected chi connectivity index (χ3v) is 3.41. The molecule has 0 aliphatic heterocycles. The zero-order chi connectivity index (χ0) is 16.3. The summed E-state index contributed by atoms with van der Waals surface area (Å²) in [6.07, 6.45) is -1.71. The summed E-state index contributed by atoms with van der Waals surface area (Å²) in [7, 11) is 0. The summed E-state index contributed by atoms with van der Waals surface area (Å²) in [6.45, 7) is 4.01. The van der Waals surface area contributed by atoms with Gasteiger partial charge in [0, 0.05) is 11.5 Å². The Hall–Kier alpha value is -2.05. The minimum atomic E-state index is -4.64. The highest BCUT2D eigenvalue weighted by molar-refractivity contribution is 5.58. The summed E-state index contributed by atoms with van der Waals surface area (Å²) in [6, 6.07) is 3.13. The van der Waals surface area contributed by atoms with Gasteiger partial charge in [-0.1, -0.05) is 31.8 Å². The minimum Gasteiger partial charge on any atom is -0.507 e. The summed E-state index contributed by atoms with van der Waals surface area (Å²) < 4.78 is 43.5. The van der Waals surface area contributed by atoms with Crippen molar-refractivity contribution in [3.05, 3.63) is 29.7 Å². The highest BCUT2D eigenvalue weighted by Crippen LogP contribution is 2.37. The number of hydrogen-bond acceptors (Lipinski definition) is 4. The molecule has 0 fully saturated rings. The van der Waals surface area contributed by atoms with Crippen LogP contribution in [0.5, 0.6) is 5.75 Å². The van der Waals surface area contributed by atoms with Crippen LogP contribution >= 0.6 is 0 Å². The zero-order valence-corrected chi connectivity index (χ0v) is 12.3. The summed E-state index contributed by atoms with van der Waals surface area (Å²) in [5.41, 5.74) is -0.960. The number of aromatic hydroxyl groups is 1. The maximum absolute atomic E-state index is 12.8. The molecule has 0 aliphatic rings. The van der Waals surface area contributed by atoms with Crippen LogP contribution in [0.3, 0.4) is 0 Å². The molecule has 1 atom stereocenters. The van der Waals surface area contributed by atoms with E-state index in [2.05, 4.69) is 17.1 Å². The maximum Gasteiger partial charge on any atom is 0.419 e. The minimum absolute atomic E-state index is 0.0559. The van der Waals surface area contributed by atoms with Crippen LogP contribution in [0, 0.1) is 0 Å². The highest BCUT2D eigenvalue weighted by atomic mass is 19.4. The average molecular weight is 314 g/mol. The fourth-order valence-corrected chi connectivity index (χ4v) is 2.09. The van der Waals surface area contributed by atoms with Crippen LogP contribution < -0.4 is 0 Å². The van der Waals surface area contributed by atoms with Crippen LogP contribution in [0.2, 0.25) is 0 Å². The topological polar surface area (TPSA) is 59.2 Å². The number of halogens is 3. The van der Waals surface area contributed by atoms with Gasteiger partial charge >= 0.3 is 6.18 Å². The maximum atomic E-state index is 12.8. The summed E-state index contributed by atoms with van der Waals surface area (Å²) >= 11 is 0. The van der Waals surface area contributed by atoms with Crippen molar-refractivity contribution in [1.82, 2.24) is 10.1 Å². The average Bonchev–Trinajstić information content (AvgIpc) is 2.94. The van der Waals surface area contributed by atoms with Gasteiger partial charge in [-0.05, 0) is 24.6 Å². The lowest BCUT2D eigenvalue weighted by Crippen LogP contribution is -2.05. The molecule has 0 saturated carbocycles. The van der Waals surface area contributed by atoms with Crippen molar-refractivity contribution in [1.29, 1.82) is 0 Å². The molecule has 22 heavy (non-hydrogen) atoms. The molecule has 1 heterocycles. The molecule has 0 spiro atoms. The van der Waals surface area contributed by atoms with E-state index in [-0.39, 0.29) is 17.3 Å². The number of rotatable bonds is 5. The molecule has 1 unspecified atom stereocenters. The first-order valence-electron chi connectivity index (χ1n) is 7.07. The molecule has 0 saturated heterocycles. The van der Waals surface area contributed by atoms with Crippen molar-refractivity contribution in [2.24, 2.45) is 0 Å². The van der Waals surface area contributed by atoms with Gasteiger partial charge in [-0.3, -0.25) is 0 Å². The number of benzene rings is 1. The zero-order valence-electron chi connectivity index (χ0n) is 12.3. The van der Waals surface area contributed by atoms with E-state index in [0.717, 1.165) is 31.4 Å². The third kappa shape index (κ3) is 3.58. The first-order valence-corrected chi connectivity index (χ1v) is 7.07. The van der Waals surface area contributed by atoms with Gasteiger partial charge < -0.3 is 9.63 Å². The molecule has 7 heteroatoms. The number of phenols is 1. The van der Waals surface area contributed by atoms with E-state index in [4.69, 9.17) is 4.52 Å². The van der Waals surface area contributed by atoms with E-state index in [1.54, 1.807) is 0 Å². The molecular weight excluding hydrogens is 297 g/mol. The second kappa shape index (κ2) is 6.37. The number of unbranched alkanes of at least 4 members (excludes halogenated alkanes) is 1. The molecule has 0 bridgehead atoms. The molecule has 1 aromatic carbocycles. The molecule has 0 radical (unpaired) electrons. The second-order valence-electron chi connectivity index (χ2n) is 5.23. The predicted octanol–water partition coefficient (Wildman–Crippen LogP) is 4.75. The first kappa shape index (κ1) is 16.3. The molecule has 2 aromatic rings. The van der Waals surface area contributed by atoms with E-state index in [9.17, 15) is 18.3 Å². The first-order chi connectivity index (χ1) is 10.3. The van der Waals surface area contributed by atoms with Gasteiger partial charge in [0.05, 0.1) is 5.56 Å². The van der Waals surface area contributed by atoms with Crippen LogP contribution in [-0.2, 0) is 6.18 Å². The number of alkyl halides is 3. The Kier molecular flexibility index (Phi) is 4.73. The largest absolute Gasteiger partial charge is 0.507 e. The van der Waals surface area contributed by atoms with Crippen LogP contribution in [0.4, 0.5) is 13.2 Å². The standard InChI is InChI=1S/C15H17F3N2O2/c1-3-4-5-9(2)14-19-13(20-22-14)10-6-7-12(21)11(8-10)15(16,17)18/h6-9,21H,3-5H2,1-2H3. The molecule has 0 amide bonds. The molecule has 0 aliphatic carbocycles. The lowest BCUT2D eigenvalue weighted by molar-refractivity contribution is -0.138. The molecule has 1 N–H and O–H groups in total. The fraction of sp³-hybridized carbons (Fsp3) is 0.467. The number of nitrogens with zero attached hydrogens (tertiary/aromatic N) is 2. The number of phenolic OH excluding ortho intramolecular Hbond substituents is 1. The van der Waals surface area contributed by atoms with E-state index >= 15 is 0 Å². The highest BCUT2D eigenvalue weighted by Gasteiger charge is 2.34. The van der Waals surface area contributed by atoms with Crippen LogP contribution in [0.1, 0.15) is 50.5 Å². The predicted molar refractivity (Wildman–Crippen MR) is 74.3 cm³/mol. The van der Waals surface area contributed by atoms with Crippen molar-refractivity contribution in [3.63, 3.8) is 0 Å². The molecule has 4 nitrogen and oxygen atoms in total. The molecule has 2 rings (SSSR count). The van der Waals surface area contributed by atoms with Crippen molar-refractivity contribution >= 4 is 0 Å². The molecule has 1 aromatic heterocycles. The monoisotopic (exact) mass is 314 g/mol. The fourth-order valence-electron chi connectivity index (χ4n) is 2.09. The Balaban J connectivity index is 2.28. The number of aromatic nitrogens is 2. The Morgan fingerprint density at radius 2 is 2.05 bits per heavy atom. The SMILES string of the molecule is CCCCC(C)c1nc(-c2ccc(O)c(C(F)(F)F)c2)no1. The lowest BCUT2D eigenvalue weighted by atomic mass is 10.0. The summed E-state index contributed by atoms with van der Waals surface area (Å²) in [5.74, 6) is -0.273. The summed E-state index contributed by atoms with van der Waals surface area (Å²) in [4.78, 5) is 4.16. The van der Waals surface area contributed by atoms with Crippen molar-refractivity contribution in [2.75, 3.05) is 0 Å². The lowest BCUT2D eigenvalue weighted by Gasteiger charge is -2.09. The van der Waals surface area contributed by atoms with Gasteiger partial charge in [-0.15, -0.1) is 0 Å². The smallest absolute Gasteiger partial charge is 0.419 e. The second-order valence-corrected chi connectivity index (χ2v) is 5.23. The Bertz CT molecular complexity index is 638. The molecular formula is C15H17F3N2O2. The van der Waals surface area contributed by atoms with Gasteiger partial charge in [0.15, 0.2) is 0 Å². The van der Waals surface area contributed by atoms with Crippen LogP contribution in [-0.4, -0.2) is 15.2 Å². The third-order valence-electron chi connectivity index (χ3n) is 3.41. The van der Waals surface area contributed by atoms with Gasteiger partial charge in [0.1, 0.15) is 5.75 Å². The van der Waals surface area contributed by atoms with Crippen molar-refractivity contribution < 1.29 is 22.8 Å². The van der Waals surface area contributed by atoms with E-state index in [0.29, 0.717) is 5.89 Å². The van der Waals surface area contributed by atoms with Crippen LogP contribution in [0.15, 0.2) is 22.7 Å². The van der Waals surface area contributed by atoms with Crippen molar-refractivity contribution in [2.45, 2.75) is 45.2 Å². The van der Waals surface area contributed by atoms with Gasteiger partial charge in [-0.2, -0.15) is 18.2 Å². The van der Waals surface area contributed by atoms with E-state index in [1.807, 2.05) is 6.92 Å². The van der Waals surface area contributed by atoms with Crippen LogP contribution in [0.25, 0.3) is 11.4 Å². The summed E-state index contributed by atoms with van der Waals surface area (Å²) in [5, 5.41) is 13.1. The quantitative estimate of drug-likeness (QED) is 0.865. The molecule has 120 valence electrons. The van der Waals surface area contributed by atoms with Gasteiger partial charge in [0.2, 0.25) is 11.7 Å². The van der Waals surface area contributed by atoms with Gasteiger partial charge in [0.25, 0.3) is 0 Å². The normalized spacial score (nSPS) is 13.3. The van der Waals surface area contributed by atoms with E-state index < -0.39 is 17.5 Å². The van der Waals surface area contributed by atoms with Crippen molar-refractivity contribution in [3.8, 4) is 17.1 Å².